The summed E-state index contributed by atoms with van der Waals surface area (Å²) < 4.78 is 7.38. The summed E-state index contributed by atoms with van der Waals surface area (Å²) in [5, 5.41) is 19.5. The van der Waals surface area contributed by atoms with Gasteiger partial charge in [-0.15, -0.1) is 0 Å². The molecule has 0 saturated heterocycles. The summed E-state index contributed by atoms with van der Waals surface area (Å²) in [6, 6.07) is 12.3. The number of aliphatic hydroxyl groups is 1. The van der Waals surface area contributed by atoms with Crippen LogP contribution in [0.5, 0.6) is 5.75 Å². The van der Waals surface area contributed by atoms with E-state index in [1.807, 2.05) is 29.9 Å². The van der Waals surface area contributed by atoms with Gasteiger partial charge in [-0.1, -0.05) is 37.5 Å². The van der Waals surface area contributed by atoms with E-state index in [9.17, 15) is 9.90 Å². The number of benzene rings is 1. The molecular weight excluding hydrogens is 512 g/mol. The van der Waals surface area contributed by atoms with Gasteiger partial charge in [0.2, 0.25) is 5.91 Å². The van der Waals surface area contributed by atoms with Crippen LogP contribution < -0.4 is 10.1 Å². The number of amides is 1. The van der Waals surface area contributed by atoms with Gasteiger partial charge < -0.3 is 15.2 Å². The molecule has 2 fully saturated rings. The molecule has 4 unspecified atom stereocenters. The number of nitrogens with zero attached hydrogens (tertiary/aromatic N) is 3. The minimum absolute atomic E-state index is 0.0277. The molecule has 2 N–H and O–H groups in total. The molecule has 4 atom stereocenters. The van der Waals surface area contributed by atoms with Gasteiger partial charge in [-0.3, -0.25) is 14.5 Å². The molecule has 0 radical (unpaired) electrons. The number of hydrogen-bond acceptors (Lipinski definition) is 5. The van der Waals surface area contributed by atoms with E-state index in [2.05, 4.69) is 61.6 Å². The van der Waals surface area contributed by atoms with E-state index in [4.69, 9.17) is 9.72 Å². The lowest BCUT2D eigenvalue weighted by Crippen LogP contribution is -2.41. The van der Waals surface area contributed by atoms with Gasteiger partial charge in [-0.05, 0) is 95.0 Å². The second-order valence-corrected chi connectivity index (χ2v) is 13.1. The van der Waals surface area contributed by atoms with Crippen molar-refractivity contribution >= 4 is 5.91 Å². The fourth-order valence-electron chi connectivity index (χ4n) is 6.68. The zero-order valence-corrected chi connectivity index (χ0v) is 25.3. The van der Waals surface area contributed by atoms with Gasteiger partial charge in [0, 0.05) is 29.3 Å². The Kier molecular flexibility index (Phi) is 8.83. The predicted octanol–water partition coefficient (Wildman–Crippen LogP) is 6.70. The molecule has 0 aliphatic heterocycles. The molecular formula is C34H46N4O3. The van der Waals surface area contributed by atoms with Crippen molar-refractivity contribution in [2.24, 2.45) is 11.8 Å². The summed E-state index contributed by atoms with van der Waals surface area (Å²) in [7, 11) is 1.65. The molecule has 7 heteroatoms. The van der Waals surface area contributed by atoms with Gasteiger partial charge in [-0.25, -0.2) is 0 Å². The fraction of sp³-hybridized carbons (Fsp3) is 0.559. The normalized spacial score (nSPS) is 22.7. The second kappa shape index (κ2) is 12.4. The van der Waals surface area contributed by atoms with Crippen molar-refractivity contribution in [1.29, 1.82) is 0 Å². The summed E-state index contributed by atoms with van der Waals surface area (Å²) in [5.74, 6) is 1.09. The van der Waals surface area contributed by atoms with Gasteiger partial charge in [-0.2, -0.15) is 5.10 Å². The average molecular weight is 559 g/mol. The summed E-state index contributed by atoms with van der Waals surface area (Å²) >= 11 is 0. The van der Waals surface area contributed by atoms with E-state index in [0.717, 1.165) is 72.4 Å². The Hall–Kier alpha value is -3.19. The Labute approximate surface area is 244 Å². The van der Waals surface area contributed by atoms with Crippen molar-refractivity contribution in [2.75, 3.05) is 7.11 Å². The molecule has 2 aliphatic carbocycles. The Bertz CT molecular complexity index is 1340. The van der Waals surface area contributed by atoms with Crippen LogP contribution in [0.3, 0.4) is 0 Å². The molecule has 7 nitrogen and oxygen atoms in total. The standard InChI is InChI=1S/C34H46N4O3/c1-22-31(41-5)17-16-29(36-22)28-15-14-26(19-30(28)39)32(37-33(40)23-10-7-6-8-11-23)25-13-9-12-24(18-25)27-20-35-38(21-27)34(2,3)4/h9,12-13,16-18,20-21,23,26,28,30,32,39H,6-8,10-11,14-15,19H2,1-5H3,(H,37,40). The van der Waals surface area contributed by atoms with Crippen LogP contribution >= 0.6 is 0 Å². The topological polar surface area (TPSA) is 89.3 Å². The van der Waals surface area contributed by atoms with E-state index >= 15 is 0 Å². The third kappa shape index (κ3) is 6.66. The van der Waals surface area contributed by atoms with Crippen molar-refractivity contribution in [3.63, 3.8) is 0 Å². The third-order valence-electron chi connectivity index (χ3n) is 9.11. The Morgan fingerprint density at radius 2 is 1.85 bits per heavy atom. The first-order valence-electron chi connectivity index (χ1n) is 15.3. The second-order valence-electron chi connectivity index (χ2n) is 13.1. The number of carbonyl (C=O) groups is 1. The van der Waals surface area contributed by atoms with E-state index in [-0.39, 0.29) is 35.2 Å². The molecule has 0 spiro atoms. The fourth-order valence-corrected chi connectivity index (χ4v) is 6.68. The predicted molar refractivity (Wildman–Crippen MR) is 162 cm³/mol. The Morgan fingerprint density at radius 3 is 2.51 bits per heavy atom. The minimum atomic E-state index is -0.531. The molecule has 2 aliphatic rings. The molecule has 5 rings (SSSR count). The average Bonchev–Trinajstić information content (AvgIpc) is 3.48. The number of ether oxygens (including phenoxy) is 1. The molecule has 2 saturated carbocycles. The van der Waals surface area contributed by atoms with Gasteiger partial charge in [0.05, 0.1) is 36.7 Å². The van der Waals surface area contributed by atoms with E-state index < -0.39 is 6.10 Å². The summed E-state index contributed by atoms with van der Waals surface area (Å²) in [6.45, 7) is 8.36. The highest BCUT2D eigenvalue weighted by molar-refractivity contribution is 5.79. The van der Waals surface area contributed by atoms with Crippen LogP contribution in [0.15, 0.2) is 48.8 Å². The molecule has 2 aromatic heterocycles. The first-order chi connectivity index (χ1) is 19.6. The molecule has 220 valence electrons. The van der Waals surface area contributed by atoms with Crippen molar-refractivity contribution in [2.45, 2.75) is 103 Å². The number of aryl methyl sites for hydroxylation is 1. The zero-order chi connectivity index (χ0) is 29.1. The maximum Gasteiger partial charge on any atom is 0.223 e. The van der Waals surface area contributed by atoms with Crippen LogP contribution in [0.2, 0.25) is 0 Å². The SMILES string of the molecule is COc1ccc(C2CCC(C(NC(=O)C3CCCCC3)c3cccc(-c4cnn(C(C)(C)C)c4)c3)CC2O)nc1C. The molecule has 3 aromatic rings. The molecule has 1 aromatic carbocycles. The van der Waals surface area contributed by atoms with Crippen LogP contribution in [0, 0.1) is 18.8 Å². The van der Waals surface area contributed by atoms with Crippen LogP contribution in [0.1, 0.15) is 101 Å². The number of rotatable bonds is 7. The first kappa shape index (κ1) is 29.3. The number of aromatic nitrogens is 3. The lowest BCUT2D eigenvalue weighted by Gasteiger charge is -2.38. The first-order valence-corrected chi connectivity index (χ1v) is 15.3. The third-order valence-corrected chi connectivity index (χ3v) is 9.11. The van der Waals surface area contributed by atoms with Crippen molar-refractivity contribution in [3.8, 4) is 16.9 Å². The maximum atomic E-state index is 13.5. The van der Waals surface area contributed by atoms with Gasteiger partial charge in [0.1, 0.15) is 5.75 Å². The van der Waals surface area contributed by atoms with E-state index in [1.165, 1.54) is 6.42 Å². The molecule has 41 heavy (non-hydrogen) atoms. The smallest absolute Gasteiger partial charge is 0.223 e. The number of carbonyl (C=O) groups excluding carboxylic acids is 1. The number of aliphatic hydroxyl groups excluding tert-OH is 1. The summed E-state index contributed by atoms with van der Waals surface area (Å²) in [5.41, 5.74) is 4.88. The van der Waals surface area contributed by atoms with Crippen LogP contribution in [-0.2, 0) is 10.3 Å². The number of pyridine rings is 1. The van der Waals surface area contributed by atoms with E-state index in [0.29, 0.717) is 6.42 Å². The number of methoxy groups -OCH3 is 1. The lowest BCUT2D eigenvalue weighted by molar-refractivity contribution is -0.127. The Balaban J connectivity index is 1.40. The lowest BCUT2D eigenvalue weighted by atomic mass is 9.73. The number of nitrogens with one attached hydrogen (secondary N) is 1. The van der Waals surface area contributed by atoms with Crippen LogP contribution in [-0.4, -0.2) is 39.0 Å². The quantitative estimate of drug-likeness (QED) is 0.337. The monoisotopic (exact) mass is 558 g/mol. The van der Waals surface area contributed by atoms with Crippen molar-refractivity contribution in [1.82, 2.24) is 20.1 Å². The summed E-state index contributed by atoms with van der Waals surface area (Å²) in [6.07, 6.45) is 11.2. The van der Waals surface area contributed by atoms with Gasteiger partial charge >= 0.3 is 0 Å². The van der Waals surface area contributed by atoms with Crippen LogP contribution in [0.25, 0.3) is 11.1 Å². The molecule has 1 amide bonds. The van der Waals surface area contributed by atoms with Crippen molar-refractivity contribution < 1.29 is 14.6 Å². The molecule has 0 bridgehead atoms. The highest BCUT2D eigenvalue weighted by Gasteiger charge is 2.37. The Morgan fingerprint density at radius 1 is 1.07 bits per heavy atom. The van der Waals surface area contributed by atoms with Gasteiger partial charge in [0.25, 0.3) is 0 Å². The highest BCUT2D eigenvalue weighted by Crippen LogP contribution is 2.42. The summed E-state index contributed by atoms with van der Waals surface area (Å²) in [4.78, 5) is 18.3. The highest BCUT2D eigenvalue weighted by atomic mass is 16.5. The van der Waals surface area contributed by atoms with Crippen molar-refractivity contribution in [3.05, 3.63) is 65.7 Å². The van der Waals surface area contributed by atoms with Gasteiger partial charge in [0.15, 0.2) is 0 Å². The largest absolute Gasteiger partial charge is 0.495 e. The van der Waals surface area contributed by atoms with Crippen LogP contribution in [0.4, 0.5) is 0 Å². The van der Waals surface area contributed by atoms with E-state index in [1.54, 1.807) is 7.11 Å². The minimum Gasteiger partial charge on any atom is -0.495 e. The maximum absolute atomic E-state index is 13.5. The zero-order valence-electron chi connectivity index (χ0n) is 25.3. The molecule has 2 heterocycles. The number of hydrogen-bond donors (Lipinski definition) is 2.